The van der Waals surface area contributed by atoms with E-state index in [-0.39, 0.29) is 12.6 Å². The van der Waals surface area contributed by atoms with Crippen LogP contribution in [-0.2, 0) is 17.6 Å². The highest BCUT2D eigenvalue weighted by Crippen LogP contribution is 2.13. The lowest BCUT2D eigenvalue weighted by molar-refractivity contribution is -0.161. The van der Waals surface area contributed by atoms with Crippen molar-refractivity contribution in [2.45, 2.75) is 44.9 Å². The SMILES string of the molecule is COCCc1ccc(CCC(O)(O)CNC(C)C)cc1. The molecule has 0 saturated carbocycles. The number of nitrogens with one attached hydrogen (secondary N) is 1. The molecule has 0 aromatic heterocycles. The quantitative estimate of drug-likeness (QED) is 0.600. The number of hydrogen-bond donors (Lipinski definition) is 3. The minimum Gasteiger partial charge on any atom is -0.384 e. The molecule has 1 aromatic carbocycles. The van der Waals surface area contributed by atoms with E-state index in [1.54, 1.807) is 7.11 Å². The van der Waals surface area contributed by atoms with E-state index in [0.717, 1.165) is 18.6 Å². The van der Waals surface area contributed by atoms with Gasteiger partial charge >= 0.3 is 0 Å². The summed E-state index contributed by atoms with van der Waals surface area (Å²) in [4.78, 5) is 0. The molecule has 20 heavy (non-hydrogen) atoms. The van der Waals surface area contributed by atoms with Gasteiger partial charge in [0.1, 0.15) is 0 Å². The van der Waals surface area contributed by atoms with Gasteiger partial charge in [0.25, 0.3) is 0 Å². The molecule has 0 spiro atoms. The van der Waals surface area contributed by atoms with E-state index in [0.29, 0.717) is 12.8 Å². The van der Waals surface area contributed by atoms with Crippen molar-refractivity contribution in [2.24, 2.45) is 0 Å². The molecular formula is C16H27NO3. The van der Waals surface area contributed by atoms with E-state index in [9.17, 15) is 10.2 Å². The fourth-order valence-corrected chi connectivity index (χ4v) is 1.89. The maximum absolute atomic E-state index is 9.87. The van der Waals surface area contributed by atoms with Crippen molar-refractivity contribution < 1.29 is 14.9 Å². The van der Waals surface area contributed by atoms with E-state index in [4.69, 9.17) is 4.74 Å². The van der Waals surface area contributed by atoms with Gasteiger partial charge in [0.05, 0.1) is 6.61 Å². The van der Waals surface area contributed by atoms with Gasteiger partial charge in [-0.05, 0) is 24.0 Å². The number of rotatable bonds is 9. The van der Waals surface area contributed by atoms with Crippen LogP contribution < -0.4 is 5.32 Å². The van der Waals surface area contributed by atoms with Gasteiger partial charge in [-0.1, -0.05) is 38.1 Å². The topological polar surface area (TPSA) is 61.7 Å². The van der Waals surface area contributed by atoms with Crippen LogP contribution in [0.25, 0.3) is 0 Å². The highest BCUT2D eigenvalue weighted by Gasteiger charge is 2.22. The van der Waals surface area contributed by atoms with Crippen LogP contribution in [0.5, 0.6) is 0 Å². The number of methoxy groups -OCH3 is 1. The summed E-state index contributed by atoms with van der Waals surface area (Å²) in [5.74, 6) is -1.65. The maximum Gasteiger partial charge on any atom is 0.175 e. The molecule has 1 aromatic rings. The smallest absolute Gasteiger partial charge is 0.175 e. The van der Waals surface area contributed by atoms with Crippen LogP contribution >= 0.6 is 0 Å². The molecule has 0 amide bonds. The zero-order valence-corrected chi connectivity index (χ0v) is 12.7. The molecule has 114 valence electrons. The van der Waals surface area contributed by atoms with Crippen LogP contribution in [0.4, 0.5) is 0 Å². The van der Waals surface area contributed by atoms with E-state index in [2.05, 4.69) is 17.4 Å². The summed E-state index contributed by atoms with van der Waals surface area (Å²) in [6.07, 6.45) is 1.88. The number of aliphatic hydroxyl groups is 2. The average molecular weight is 281 g/mol. The normalized spacial score (nSPS) is 12.1. The summed E-state index contributed by atoms with van der Waals surface area (Å²) in [5, 5.41) is 22.8. The molecule has 0 aliphatic rings. The zero-order valence-electron chi connectivity index (χ0n) is 12.7. The lowest BCUT2D eigenvalue weighted by Gasteiger charge is -2.23. The molecule has 4 nitrogen and oxygen atoms in total. The van der Waals surface area contributed by atoms with Crippen LogP contribution in [0.15, 0.2) is 24.3 Å². The first-order valence-corrected chi connectivity index (χ1v) is 7.18. The molecule has 0 radical (unpaired) electrons. The Morgan fingerprint density at radius 1 is 1.10 bits per heavy atom. The molecule has 0 saturated heterocycles. The molecule has 3 N–H and O–H groups in total. The Kier molecular flexibility index (Phi) is 7.16. The molecule has 0 aliphatic carbocycles. The number of aryl methyl sites for hydroxylation is 1. The van der Waals surface area contributed by atoms with Crippen LogP contribution in [0, 0.1) is 0 Å². The van der Waals surface area contributed by atoms with E-state index >= 15 is 0 Å². The Morgan fingerprint density at radius 3 is 2.15 bits per heavy atom. The monoisotopic (exact) mass is 281 g/mol. The van der Waals surface area contributed by atoms with Gasteiger partial charge < -0.3 is 20.3 Å². The summed E-state index contributed by atoms with van der Waals surface area (Å²) < 4.78 is 5.04. The molecule has 0 aliphatic heterocycles. The van der Waals surface area contributed by atoms with Crippen molar-refractivity contribution in [1.82, 2.24) is 5.32 Å². The molecule has 0 atom stereocenters. The van der Waals surface area contributed by atoms with Gasteiger partial charge in [-0.25, -0.2) is 0 Å². The van der Waals surface area contributed by atoms with Crippen LogP contribution in [0.2, 0.25) is 0 Å². The summed E-state index contributed by atoms with van der Waals surface area (Å²) in [7, 11) is 1.70. The lowest BCUT2D eigenvalue weighted by Crippen LogP contribution is -2.43. The second-order valence-electron chi connectivity index (χ2n) is 5.58. The van der Waals surface area contributed by atoms with E-state index < -0.39 is 5.79 Å². The van der Waals surface area contributed by atoms with Gasteiger partial charge in [-0.2, -0.15) is 0 Å². The molecule has 0 unspecified atom stereocenters. The van der Waals surface area contributed by atoms with Gasteiger partial charge in [0.2, 0.25) is 0 Å². The summed E-state index contributed by atoms with van der Waals surface area (Å²) in [6, 6.07) is 8.45. The first-order chi connectivity index (χ1) is 9.43. The van der Waals surface area contributed by atoms with Crippen molar-refractivity contribution in [3.63, 3.8) is 0 Å². The van der Waals surface area contributed by atoms with Crippen LogP contribution in [0.3, 0.4) is 0 Å². The standard InChI is InChI=1S/C16H27NO3/c1-13(2)17-12-16(18,19)10-8-14-4-6-15(7-5-14)9-11-20-3/h4-7,13,17-19H,8-12H2,1-3H3. The molecule has 4 heteroatoms. The highest BCUT2D eigenvalue weighted by atomic mass is 16.5. The minimum absolute atomic E-state index is 0.191. The molecular weight excluding hydrogens is 254 g/mol. The second kappa shape index (κ2) is 8.37. The second-order valence-corrected chi connectivity index (χ2v) is 5.58. The lowest BCUT2D eigenvalue weighted by atomic mass is 10.0. The fraction of sp³-hybridized carbons (Fsp3) is 0.625. The fourth-order valence-electron chi connectivity index (χ4n) is 1.89. The van der Waals surface area contributed by atoms with Crippen molar-refractivity contribution in [3.05, 3.63) is 35.4 Å². The van der Waals surface area contributed by atoms with Gasteiger partial charge in [-0.3, -0.25) is 0 Å². The predicted octanol–water partition coefficient (Wildman–Crippen LogP) is 1.49. The Morgan fingerprint density at radius 2 is 1.65 bits per heavy atom. The van der Waals surface area contributed by atoms with E-state index in [1.165, 1.54) is 5.56 Å². The largest absolute Gasteiger partial charge is 0.384 e. The van der Waals surface area contributed by atoms with Crippen molar-refractivity contribution in [3.8, 4) is 0 Å². The first-order valence-electron chi connectivity index (χ1n) is 7.18. The van der Waals surface area contributed by atoms with Gasteiger partial charge in [-0.15, -0.1) is 0 Å². The first kappa shape index (κ1) is 17.1. The summed E-state index contributed by atoms with van der Waals surface area (Å²) in [5.41, 5.74) is 2.35. The Hall–Kier alpha value is -0.940. The van der Waals surface area contributed by atoms with Crippen molar-refractivity contribution in [1.29, 1.82) is 0 Å². The Labute approximate surface area is 121 Å². The van der Waals surface area contributed by atoms with E-state index in [1.807, 2.05) is 26.0 Å². The van der Waals surface area contributed by atoms with Crippen molar-refractivity contribution in [2.75, 3.05) is 20.3 Å². The molecule has 0 heterocycles. The summed E-state index contributed by atoms with van der Waals surface area (Å²) >= 11 is 0. The Bertz CT molecular complexity index is 374. The number of benzene rings is 1. The zero-order chi connectivity index (χ0) is 15.0. The van der Waals surface area contributed by atoms with Gasteiger partial charge in [0.15, 0.2) is 5.79 Å². The van der Waals surface area contributed by atoms with Crippen molar-refractivity contribution >= 4 is 0 Å². The van der Waals surface area contributed by atoms with Crippen LogP contribution in [-0.4, -0.2) is 42.3 Å². The minimum atomic E-state index is -1.65. The third-order valence-corrected chi connectivity index (χ3v) is 3.23. The summed E-state index contributed by atoms with van der Waals surface area (Å²) in [6.45, 7) is 4.87. The average Bonchev–Trinajstić information content (AvgIpc) is 2.42. The Balaban J connectivity index is 2.40. The third kappa shape index (κ3) is 7.01. The number of hydrogen-bond acceptors (Lipinski definition) is 4. The third-order valence-electron chi connectivity index (χ3n) is 3.23. The molecule has 1 rings (SSSR count). The molecule has 0 fully saturated rings. The molecule has 0 bridgehead atoms. The predicted molar refractivity (Wildman–Crippen MR) is 80.7 cm³/mol. The highest BCUT2D eigenvalue weighted by molar-refractivity contribution is 5.22. The maximum atomic E-state index is 9.87. The van der Waals surface area contributed by atoms with Gasteiger partial charge in [0, 0.05) is 26.1 Å². The number of ether oxygens (including phenoxy) is 1. The van der Waals surface area contributed by atoms with Crippen LogP contribution in [0.1, 0.15) is 31.4 Å².